The molecule has 0 aromatic heterocycles. The number of benzene rings is 2. The van der Waals surface area contributed by atoms with E-state index >= 15 is 0 Å². The third kappa shape index (κ3) is 5.35. The van der Waals surface area contributed by atoms with Crippen LogP contribution in [0, 0.1) is 10.1 Å². The number of nitro groups is 1. The maximum atomic E-state index is 12.6. The highest BCUT2D eigenvalue weighted by Gasteiger charge is 2.27. The van der Waals surface area contributed by atoms with Gasteiger partial charge in [-0.3, -0.25) is 14.9 Å². The molecule has 2 aromatic rings. The van der Waals surface area contributed by atoms with E-state index in [9.17, 15) is 19.7 Å². The van der Waals surface area contributed by atoms with Crippen molar-refractivity contribution in [2.24, 2.45) is 0 Å². The Labute approximate surface area is 156 Å². The van der Waals surface area contributed by atoms with Gasteiger partial charge >= 0.3 is 5.97 Å². The molecule has 0 radical (unpaired) electrons. The number of ether oxygens (including phenoxy) is 2. The zero-order valence-corrected chi connectivity index (χ0v) is 15.0. The monoisotopic (exact) mass is 372 g/mol. The molecular formula is C19H20N2O6. The van der Waals surface area contributed by atoms with Gasteiger partial charge in [0.1, 0.15) is 6.04 Å². The molecule has 0 fully saturated rings. The lowest BCUT2D eigenvalue weighted by molar-refractivity contribution is -0.384. The number of carbonyl (C=O) groups excluding carboxylic acids is 2. The minimum Gasteiger partial charge on any atom is -0.467 e. The van der Waals surface area contributed by atoms with Crippen LogP contribution < -0.4 is 5.32 Å². The number of hydrogen-bond acceptors (Lipinski definition) is 6. The maximum Gasteiger partial charge on any atom is 0.328 e. The van der Waals surface area contributed by atoms with Crippen molar-refractivity contribution in [3.63, 3.8) is 0 Å². The average molecular weight is 372 g/mol. The zero-order chi connectivity index (χ0) is 19.8. The molecule has 0 unspecified atom stereocenters. The van der Waals surface area contributed by atoms with Crippen LogP contribution in [0.4, 0.5) is 5.69 Å². The molecular weight excluding hydrogens is 352 g/mol. The molecule has 0 aliphatic rings. The van der Waals surface area contributed by atoms with Gasteiger partial charge < -0.3 is 14.8 Å². The molecule has 0 saturated carbocycles. The summed E-state index contributed by atoms with van der Waals surface area (Å²) in [5.41, 5.74) is 1.24. The molecule has 142 valence electrons. The van der Waals surface area contributed by atoms with Crippen LogP contribution in [0.3, 0.4) is 0 Å². The summed E-state index contributed by atoms with van der Waals surface area (Å²) in [7, 11) is 2.63. The number of carbonyl (C=O) groups is 2. The number of hydrogen-bond donors (Lipinski definition) is 1. The summed E-state index contributed by atoms with van der Waals surface area (Å²) in [4.78, 5) is 34.9. The molecule has 27 heavy (non-hydrogen) atoms. The van der Waals surface area contributed by atoms with Crippen LogP contribution in [0.25, 0.3) is 0 Å². The van der Waals surface area contributed by atoms with Gasteiger partial charge in [-0.25, -0.2) is 4.79 Å². The Balaban J connectivity index is 2.14. The van der Waals surface area contributed by atoms with Gasteiger partial charge in [0.15, 0.2) is 6.10 Å². The predicted octanol–water partition coefficient (Wildman–Crippen LogP) is 2.18. The Bertz CT molecular complexity index is 792. The summed E-state index contributed by atoms with van der Waals surface area (Å²) in [5.74, 6) is -1.11. The largest absolute Gasteiger partial charge is 0.467 e. The van der Waals surface area contributed by atoms with Crippen molar-refractivity contribution in [3.05, 3.63) is 75.8 Å². The first kappa shape index (κ1) is 20.1. The molecule has 1 N–H and O–H groups in total. The van der Waals surface area contributed by atoms with Crippen LogP contribution in [0.1, 0.15) is 17.2 Å². The summed E-state index contributed by atoms with van der Waals surface area (Å²) in [6, 6.07) is 13.7. The summed E-state index contributed by atoms with van der Waals surface area (Å²) < 4.78 is 10.0. The minimum absolute atomic E-state index is 0.0547. The van der Waals surface area contributed by atoms with Crippen LogP contribution in [0.2, 0.25) is 0 Å². The van der Waals surface area contributed by atoms with Gasteiger partial charge in [-0.05, 0) is 11.1 Å². The van der Waals surface area contributed by atoms with Crippen molar-refractivity contribution >= 4 is 17.6 Å². The van der Waals surface area contributed by atoms with Crippen LogP contribution in [-0.4, -0.2) is 37.1 Å². The van der Waals surface area contributed by atoms with Crippen LogP contribution in [0.15, 0.2) is 54.6 Å². The van der Waals surface area contributed by atoms with Gasteiger partial charge in [0.05, 0.1) is 12.0 Å². The first-order valence-corrected chi connectivity index (χ1v) is 8.15. The van der Waals surface area contributed by atoms with E-state index in [2.05, 4.69) is 5.32 Å². The van der Waals surface area contributed by atoms with Crippen molar-refractivity contribution in [1.82, 2.24) is 5.32 Å². The Hall–Kier alpha value is -3.26. The molecule has 8 heteroatoms. The molecule has 0 aliphatic carbocycles. The summed E-state index contributed by atoms with van der Waals surface area (Å²) in [6.07, 6.45) is -0.753. The van der Waals surface area contributed by atoms with Crippen LogP contribution >= 0.6 is 0 Å². The van der Waals surface area contributed by atoms with Crippen molar-refractivity contribution in [3.8, 4) is 0 Å². The molecule has 0 heterocycles. The fourth-order valence-electron chi connectivity index (χ4n) is 2.59. The number of rotatable bonds is 8. The van der Waals surface area contributed by atoms with Crippen molar-refractivity contribution in [2.75, 3.05) is 14.2 Å². The van der Waals surface area contributed by atoms with E-state index in [1.165, 1.54) is 38.5 Å². The first-order valence-electron chi connectivity index (χ1n) is 8.15. The quantitative estimate of drug-likeness (QED) is 0.432. The number of esters is 1. The van der Waals surface area contributed by atoms with E-state index in [4.69, 9.17) is 9.47 Å². The smallest absolute Gasteiger partial charge is 0.328 e. The van der Waals surface area contributed by atoms with Gasteiger partial charge in [0.25, 0.3) is 11.6 Å². The van der Waals surface area contributed by atoms with E-state index in [-0.39, 0.29) is 12.1 Å². The molecule has 2 atom stereocenters. The second-order valence-electron chi connectivity index (χ2n) is 5.74. The molecule has 0 saturated heterocycles. The first-order chi connectivity index (χ1) is 13.0. The highest BCUT2D eigenvalue weighted by atomic mass is 16.6. The topological polar surface area (TPSA) is 108 Å². The van der Waals surface area contributed by atoms with Crippen molar-refractivity contribution in [2.45, 2.75) is 18.6 Å². The normalized spacial score (nSPS) is 12.7. The number of nitro benzene ring substituents is 1. The Morgan fingerprint density at radius 2 is 1.70 bits per heavy atom. The number of nitrogens with zero attached hydrogens (tertiary/aromatic N) is 1. The predicted molar refractivity (Wildman–Crippen MR) is 96.9 cm³/mol. The summed E-state index contributed by atoms with van der Waals surface area (Å²) >= 11 is 0. The van der Waals surface area contributed by atoms with Gasteiger partial charge in [-0.1, -0.05) is 42.5 Å². The molecule has 0 spiro atoms. The van der Waals surface area contributed by atoms with Crippen molar-refractivity contribution in [1.29, 1.82) is 0 Å². The lowest BCUT2D eigenvalue weighted by atomic mass is 10.0. The molecule has 0 aliphatic heterocycles. The minimum atomic E-state index is -0.953. The Morgan fingerprint density at radius 3 is 2.22 bits per heavy atom. The number of amides is 1. The zero-order valence-electron chi connectivity index (χ0n) is 15.0. The Kier molecular flexibility index (Phi) is 7.01. The van der Waals surface area contributed by atoms with Crippen molar-refractivity contribution < 1.29 is 24.0 Å². The molecule has 1 amide bonds. The molecule has 8 nitrogen and oxygen atoms in total. The molecule has 2 aromatic carbocycles. The fourth-order valence-corrected chi connectivity index (χ4v) is 2.59. The van der Waals surface area contributed by atoms with E-state index in [1.54, 1.807) is 24.3 Å². The van der Waals surface area contributed by atoms with Gasteiger partial charge in [0, 0.05) is 25.7 Å². The van der Waals surface area contributed by atoms with E-state index in [0.29, 0.717) is 11.1 Å². The highest BCUT2D eigenvalue weighted by Crippen LogP contribution is 2.18. The highest BCUT2D eigenvalue weighted by molar-refractivity contribution is 5.87. The summed E-state index contributed by atoms with van der Waals surface area (Å²) in [6.45, 7) is 0. The molecule has 2 rings (SSSR count). The average Bonchev–Trinajstić information content (AvgIpc) is 2.68. The maximum absolute atomic E-state index is 12.6. The fraction of sp³-hybridized carbons (Fsp3) is 0.263. The lowest BCUT2D eigenvalue weighted by Gasteiger charge is -2.21. The van der Waals surface area contributed by atoms with E-state index in [0.717, 1.165) is 0 Å². The van der Waals surface area contributed by atoms with Crippen LogP contribution in [0.5, 0.6) is 0 Å². The van der Waals surface area contributed by atoms with Gasteiger partial charge in [0.2, 0.25) is 0 Å². The second kappa shape index (κ2) is 9.44. The summed E-state index contributed by atoms with van der Waals surface area (Å²) in [5, 5.41) is 13.4. The third-order valence-electron chi connectivity index (χ3n) is 3.97. The number of non-ortho nitro benzene ring substituents is 1. The Morgan fingerprint density at radius 1 is 1.07 bits per heavy atom. The van der Waals surface area contributed by atoms with E-state index < -0.39 is 28.9 Å². The number of nitrogens with one attached hydrogen (secondary N) is 1. The standard InChI is InChI=1S/C19H20N2O6/c1-26-17(14-6-4-3-5-7-14)18(22)20-16(19(23)27-2)12-13-8-10-15(11-9-13)21(24)25/h3-11,16-17H,12H2,1-2H3,(H,20,22)/t16-,17-/m1/s1. The van der Waals surface area contributed by atoms with Crippen LogP contribution in [-0.2, 0) is 25.5 Å². The molecule has 0 bridgehead atoms. The number of methoxy groups -OCH3 is 2. The van der Waals surface area contributed by atoms with Gasteiger partial charge in [-0.2, -0.15) is 0 Å². The second-order valence-corrected chi connectivity index (χ2v) is 5.74. The SMILES string of the molecule is COC(=O)[C@@H](Cc1ccc([N+](=O)[O-])cc1)NC(=O)[C@H](OC)c1ccccc1. The third-order valence-corrected chi connectivity index (χ3v) is 3.97. The van der Waals surface area contributed by atoms with E-state index in [1.807, 2.05) is 6.07 Å². The van der Waals surface area contributed by atoms with Gasteiger partial charge in [-0.15, -0.1) is 0 Å². The lowest BCUT2D eigenvalue weighted by Crippen LogP contribution is -2.45.